The number of nitrogens with zero attached hydrogens (tertiary/aromatic N) is 4. The monoisotopic (exact) mass is 574 g/mol. The molecule has 2 aliphatic rings. The van der Waals surface area contributed by atoms with E-state index >= 15 is 0 Å². The maximum Gasteiger partial charge on any atom is 0.416 e. The van der Waals surface area contributed by atoms with Crippen LogP contribution in [0, 0.1) is 6.92 Å². The van der Waals surface area contributed by atoms with Crippen molar-refractivity contribution in [2.45, 2.75) is 45.5 Å². The zero-order valence-corrected chi connectivity index (χ0v) is 23.1. The first-order chi connectivity index (χ1) is 20.1. The number of amides is 3. The number of alkyl halides is 3. The molecule has 1 aliphatic carbocycles. The molecule has 0 atom stereocenters. The number of aryl methyl sites for hydroxylation is 1. The lowest BCUT2D eigenvalue weighted by molar-refractivity contribution is -0.137. The predicted molar refractivity (Wildman–Crippen MR) is 156 cm³/mol. The first-order valence-corrected chi connectivity index (χ1v) is 13.4. The summed E-state index contributed by atoms with van der Waals surface area (Å²) in [6, 6.07) is 9.02. The first kappa shape index (κ1) is 28.6. The molecule has 1 aromatic heterocycles. The third kappa shape index (κ3) is 6.04. The van der Waals surface area contributed by atoms with Crippen molar-refractivity contribution in [1.82, 2.24) is 9.97 Å². The number of benzene rings is 2. The second kappa shape index (κ2) is 11.5. The molecular weight excluding hydrogens is 545 g/mol. The SMILES string of the molecule is C=C/C=C\C(=C/C)Nc1ncc2c(n1)N(C1CC1)C(=O)N(c1cc(NC(=O)c3cccc(C(F)(F)F)c3)ccc1C)C2. The largest absolute Gasteiger partial charge is 0.416 e. The molecule has 0 radical (unpaired) electrons. The number of nitrogens with one attached hydrogen (secondary N) is 2. The molecule has 8 nitrogen and oxygen atoms in total. The van der Waals surface area contributed by atoms with Crippen LogP contribution in [0.1, 0.15) is 46.8 Å². The number of anilines is 4. The van der Waals surface area contributed by atoms with Gasteiger partial charge in [-0.05, 0) is 68.7 Å². The topological polar surface area (TPSA) is 90.5 Å². The molecule has 216 valence electrons. The Labute approximate surface area is 241 Å². The highest BCUT2D eigenvalue weighted by Gasteiger charge is 2.42. The van der Waals surface area contributed by atoms with E-state index in [1.165, 1.54) is 12.1 Å². The molecule has 3 aromatic rings. The Kier molecular flexibility index (Phi) is 7.84. The van der Waals surface area contributed by atoms with E-state index in [1.807, 2.05) is 26.0 Å². The van der Waals surface area contributed by atoms with E-state index in [0.717, 1.165) is 41.8 Å². The second-order valence-corrected chi connectivity index (χ2v) is 10.0. The number of urea groups is 1. The molecule has 0 saturated heterocycles. The summed E-state index contributed by atoms with van der Waals surface area (Å²) in [7, 11) is 0. The Bertz CT molecular complexity index is 1610. The molecule has 0 unspecified atom stereocenters. The number of hydrogen-bond acceptors (Lipinski definition) is 5. The summed E-state index contributed by atoms with van der Waals surface area (Å²) in [4.78, 5) is 39.2. The first-order valence-electron chi connectivity index (χ1n) is 13.4. The van der Waals surface area contributed by atoms with E-state index in [0.29, 0.717) is 23.1 Å². The Morgan fingerprint density at radius 1 is 1.14 bits per heavy atom. The summed E-state index contributed by atoms with van der Waals surface area (Å²) in [6.45, 7) is 7.61. The Morgan fingerprint density at radius 2 is 1.93 bits per heavy atom. The normalized spacial score (nSPS) is 15.5. The molecule has 11 heteroatoms. The molecule has 3 amide bonds. The minimum absolute atomic E-state index is 0.00718. The minimum atomic E-state index is -4.57. The number of halogens is 3. The summed E-state index contributed by atoms with van der Waals surface area (Å²) >= 11 is 0. The summed E-state index contributed by atoms with van der Waals surface area (Å²) in [6.07, 6.45) is 5.98. The van der Waals surface area contributed by atoms with Gasteiger partial charge in [0.1, 0.15) is 5.82 Å². The smallest absolute Gasteiger partial charge is 0.324 e. The van der Waals surface area contributed by atoms with E-state index in [4.69, 9.17) is 0 Å². The number of carbonyl (C=O) groups excluding carboxylic acids is 2. The summed E-state index contributed by atoms with van der Waals surface area (Å²) in [5, 5.41) is 5.82. The van der Waals surface area contributed by atoms with Crippen LogP contribution < -0.4 is 20.4 Å². The van der Waals surface area contributed by atoms with Gasteiger partial charge in [-0.25, -0.2) is 9.78 Å². The fourth-order valence-electron chi connectivity index (χ4n) is 4.62. The molecule has 1 saturated carbocycles. The number of hydrogen-bond donors (Lipinski definition) is 2. The van der Waals surface area contributed by atoms with Crippen LogP contribution in [-0.2, 0) is 12.7 Å². The maximum atomic E-state index is 13.9. The third-order valence-corrected chi connectivity index (χ3v) is 6.94. The molecule has 2 aromatic carbocycles. The van der Waals surface area contributed by atoms with Crippen LogP contribution in [0.5, 0.6) is 0 Å². The Balaban J connectivity index is 1.42. The van der Waals surface area contributed by atoms with Crippen molar-refractivity contribution < 1.29 is 22.8 Å². The molecule has 1 aliphatic heterocycles. The van der Waals surface area contributed by atoms with Gasteiger partial charge in [0, 0.05) is 34.8 Å². The molecule has 0 bridgehead atoms. The quantitative estimate of drug-likeness (QED) is 0.277. The Hall–Kier alpha value is -4.93. The molecule has 42 heavy (non-hydrogen) atoms. The van der Waals surface area contributed by atoms with Crippen LogP contribution >= 0.6 is 0 Å². The van der Waals surface area contributed by atoms with Gasteiger partial charge in [0.2, 0.25) is 5.95 Å². The lowest BCUT2D eigenvalue weighted by Gasteiger charge is -2.37. The van der Waals surface area contributed by atoms with Crippen LogP contribution in [0.4, 0.5) is 41.1 Å². The van der Waals surface area contributed by atoms with Crippen LogP contribution in [0.2, 0.25) is 0 Å². The van der Waals surface area contributed by atoms with Crippen LogP contribution in [0.15, 0.2) is 85.2 Å². The average Bonchev–Trinajstić information content (AvgIpc) is 3.81. The molecular formula is C31H29F3N6O2. The van der Waals surface area contributed by atoms with Crippen LogP contribution in [0.3, 0.4) is 0 Å². The Morgan fingerprint density at radius 3 is 2.62 bits per heavy atom. The molecule has 2 N–H and O–H groups in total. The highest BCUT2D eigenvalue weighted by Crippen LogP contribution is 2.40. The molecule has 0 spiro atoms. The summed E-state index contributed by atoms with van der Waals surface area (Å²) in [5.74, 6) is 0.215. The van der Waals surface area contributed by atoms with Crippen LogP contribution in [-0.4, -0.2) is 27.9 Å². The van der Waals surface area contributed by atoms with E-state index < -0.39 is 17.6 Å². The van der Waals surface area contributed by atoms with Crippen LogP contribution in [0.25, 0.3) is 0 Å². The average molecular weight is 575 g/mol. The van der Waals surface area contributed by atoms with E-state index in [9.17, 15) is 22.8 Å². The lowest BCUT2D eigenvalue weighted by Crippen LogP contribution is -2.49. The number of fused-ring (bicyclic) bond motifs is 1. The van der Waals surface area contributed by atoms with Crippen molar-refractivity contribution in [2.75, 3.05) is 20.4 Å². The molecule has 5 rings (SSSR count). The van der Waals surface area contributed by atoms with Gasteiger partial charge in [0.05, 0.1) is 17.8 Å². The second-order valence-electron chi connectivity index (χ2n) is 10.0. The van der Waals surface area contributed by atoms with Gasteiger partial charge in [-0.2, -0.15) is 18.2 Å². The van der Waals surface area contributed by atoms with E-state index in [1.54, 1.807) is 46.3 Å². The third-order valence-electron chi connectivity index (χ3n) is 6.94. The van der Waals surface area contributed by atoms with Crippen molar-refractivity contribution in [3.8, 4) is 0 Å². The van der Waals surface area contributed by atoms with Gasteiger partial charge < -0.3 is 10.6 Å². The van der Waals surface area contributed by atoms with Gasteiger partial charge in [-0.1, -0.05) is 36.9 Å². The lowest BCUT2D eigenvalue weighted by atomic mass is 10.1. The van der Waals surface area contributed by atoms with Gasteiger partial charge in [-0.3, -0.25) is 14.6 Å². The number of rotatable bonds is 8. The van der Waals surface area contributed by atoms with Crippen molar-refractivity contribution in [3.63, 3.8) is 0 Å². The van der Waals surface area contributed by atoms with Crippen molar-refractivity contribution in [2.24, 2.45) is 0 Å². The van der Waals surface area contributed by atoms with Gasteiger partial charge in [-0.15, -0.1) is 0 Å². The predicted octanol–water partition coefficient (Wildman–Crippen LogP) is 7.22. The van der Waals surface area contributed by atoms with Gasteiger partial charge >= 0.3 is 12.2 Å². The fourth-order valence-corrected chi connectivity index (χ4v) is 4.62. The number of aromatic nitrogens is 2. The highest BCUT2D eigenvalue weighted by atomic mass is 19.4. The standard InChI is InChI=1S/C31H29F3N6O2/c1-4-6-10-23(5-2)37-29-35-17-21-18-39(30(42)40(25-13-14-25)27(21)38-29)26-16-24(12-11-19(26)3)36-28(41)20-8-7-9-22(15-20)31(32,33)34/h4-12,15-17,25H,1,13-14,18H2,2-3H3,(H,36,41)(H,35,37,38)/b10-6-,23-5+. The van der Waals surface area contributed by atoms with E-state index in [2.05, 4.69) is 27.2 Å². The number of allylic oxidation sites excluding steroid dienone is 4. The summed E-state index contributed by atoms with van der Waals surface area (Å²) < 4.78 is 39.4. The van der Waals surface area contributed by atoms with Gasteiger partial charge in [0.25, 0.3) is 5.91 Å². The van der Waals surface area contributed by atoms with E-state index in [-0.39, 0.29) is 24.2 Å². The maximum absolute atomic E-state index is 13.9. The molecule has 2 heterocycles. The zero-order chi connectivity index (χ0) is 30.0. The molecule has 1 fully saturated rings. The zero-order valence-electron chi connectivity index (χ0n) is 23.1. The van der Waals surface area contributed by atoms with Crippen molar-refractivity contribution in [1.29, 1.82) is 0 Å². The fraction of sp³-hybridized carbons (Fsp3) is 0.226. The summed E-state index contributed by atoms with van der Waals surface area (Å²) in [5.41, 5.74) is 2.18. The van der Waals surface area contributed by atoms with Crippen molar-refractivity contribution >= 4 is 35.1 Å². The number of carbonyl (C=O) groups is 2. The van der Waals surface area contributed by atoms with Gasteiger partial charge in [0.15, 0.2) is 0 Å². The minimum Gasteiger partial charge on any atom is -0.324 e. The van der Waals surface area contributed by atoms with Crippen molar-refractivity contribution in [3.05, 3.63) is 107 Å². The highest BCUT2D eigenvalue weighted by molar-refractivity contribution is 6.08.